The number of nitrogens with zero attached hydrogens (tertiary/aromatic N) is 4. The van der Waals surface area contributed by atoms with Gasteiger partial charge < -0.3 is 13.6 Å². The number of rotatable bonds is 8. The predicted molar refractivity (Wildman–Crippen MR) is 118 cm³/mol. The van der Waals surface area contributed by atoms with E-state index in [0.29, 0.717) is 33.6 Å². The van der Waals surface area contributed by atoms with Crippen molar-refractivity contribution in [3.05, 3.63) is 65.4 Å². The summed E-state index contributed by atoms with van der Waals surface area (Å²) in [6, 6.07) is 5.71. The summed E-state index contributed by atoms with van der Waals surface area (Å²) in [5.41, 5.74) is 2.74. The monoisotopic (exact) mass is 460 g/mol. The lowest BCUT2D eigenvalue weighted by Crippen LogP contribution is -2.04. The fourth-order valence-electron chi connectivity index (χ4n) is 3.70. The molecular formula is C22H23F2N4O3P. The van der Waals surface area contributed by atoms with Crippen molar-refractivity contribution in [1.29, 1.82) is 0 Å². The van der Waals surface area contributed by atoms with Gasteiger partial charge in [-0.15, -0.1) is 0 Å². The molecule has 0 radical (unpaired) electrons. The van der Waals surface area contributed by atoms with E-state index in [4.69, 9.17) is 9.05 Å². The Morgan fingerprint density at radius 1 is 1.03 bits per heavy atom. The Morgan fingerprint density at radius 2 is 1.78 bits per heavy atom. The van der Waals surface area contributed by atoms with Crippen LogP contribution in [0.25, 0.3) is 21.9 Å². The molecule has 0 fully saturated rings. The summed E-state index contributed by atoms with van der Waals surface area (Å²) >= 11 is 0. The van der Waals surface area contributed by atoms with Crippen molar-refractivity contribution in [2.75, 3.05) is 13.2 Å². The Kier molecular flexibility index (Phi) is 6.33. The Bertz CT molecular complexity index is 1310. The molecule has 1 aromatic carbocycles. The molecule has 0 spiro atoms. The van der Waals surface area contributed by atoms with Crippen molar-refractivity contribution in [3.8, 4) is 0 Å². The minimum Gasteiger partial charge on any atom is -0.332 e. The van der Waals surface area contributed by atoms with Gasteiger partial charge in [-0.1, -0.05) is 6.07 Å². The van der Waals surface area contributed by atoms with Crippen LogP contribution in [-0.2, 0) is 26.3 Å². The third kappa shape index (κ3) is 4.41. The first-order chi connectivity index (χ1) is 15.3. The second-order valence-corrected chi connectivity index (χ2v) is 9.34. The normalized spacial score (nSPS) is 12.2. The third-order valence-corrected chi connectivity index (χ3v) is 7.03. The zero-order chi connectivity index (χ0) is 22.9. The largest absolute Gasteiger partial charge is 0.335 e. The molecule has 0 bridgehead atoms. The highest BCUT2D eigenvalue weighted by Gasteiger charge is 2.24. The van der Waals surface area contributed by atoms with E-state index in [1.54, 1.807) is 49.9 Å². The number of benzene rings is 1. The van der Waals surface area contributed by atoms with Crippen molar-refractivity contribution in [2.45, 2.75) is 33.5 Å². The minimum atomic E-state index is -3.24. The van der Waals surface area contributed by atoms with Crippen LogP contribution in [0.4, 0.5) is 8.78 Å². The van der Waals surface area contributed by atoms with Gasteiger partial charge >= 0.3 is 7.60 Å². The molecule has 0 unspecified atom stereocenters. The molecule has 0 atom stereocenters. The van der Waals surface area contributed by atoms with Gasteiger partial charge in [0.25, 0.3) is 0 Å². The lowest BCUT2D eigenvalue weighted by Gasteiger charge is -2.17. The van der Waals surface area contributed by atoms with E-state index in [0.717, 1.165) is 6.07 Å². The molecule has 0 aliphatic heterocycles. The fraction of sp³-hybridized carbons (Fsp3) is 0.318. The van der Waals surface area contributed by atoms with Crippen LogP contribution in [-0.4, -0.2) is 32.7 Å². The van der Waals surface area contributed by atoms with Gasteiger partial charge in [-0.2, -0.15) is 0 Å². The van der Waals surface area contributed by atoms with E-state index >= 15 is 0 Å². The molecule has 10 heteroatoms. The summed E-state index contributed by atoms with van der Waals surface area (Å²) in [5.74, 6) is -0.849. The van der Waals surface area contributed by atoms with Crippen LogP contribution < -0.4 is 0 Å². The number of fused-ring (bicyclic) bond motifs is 3. The smallest absolute Gasteiger partial charge is 0.332 e. The number of halogens is 2. The van der Waals surface area contributed by atoms with Crippen molar-refractivity contribution in [1.82, 2.24) is 19.5 Å². The summed E-state index contributed by atoms with van der Waals surface area (Å²) in [5, 5.41) is 0.248. The van der Waals surface area contributed by atoms with Crippen LogP contribution in [0.15, 0.2) is 36.7 Å². The summed E-state index contributed by atoms with van der Waals surface area (Å²) in [7, 11) is -3.24. The van der Waals surface area contributed by atoms with Crippen LogP contribution in [0.2, 0.25) is 0 Å². The quantitative estimate of drug-likeness (QED) is 0.329. The standard InChI is InChI=1S/C22H23F2N4O3P/c1-4-30-32(29,31-5-2)13-15-6-7-17(26-10-15)12-28-19-9-16(23)8-18(24)21(19)22-20(28)11-25-14(3)27-22/h6-11H,4-5,12-13H2,1-3H3. The Hall–Kier alpha value is -2.74. The molecule has 0 aliphatic carbocycles. The number of aryl methyl sites for hydroxylation is 1. The SMILES string of the molecule is CCOP(=O)(Cc1ccc(Cn2c3cnc(C)nc3c3c(F)cc(F)cc32)nc1)OCC. The second kappa shape index (κ2) is 9.02. The molecule has 0 N–H and O–H groups in total. The van der Waals surface area contributed by atoms with Gasteiger partial charge in [0.05, 0.1) is 54.2 Å². The van der Waals surface area contributed by atoms with Gasteiger partial charge in [0, 0.05) is 12.3 Å². The van der Waals surface area contributed by atoms with Crippen LogP contribution in [0.3, 0.4) is 0 Å². The van der Waals surface area contributed by atoms with Crippen molar-refractivity contribution >= 4 is 29.5 Å². The molecule has 3 heterocycles. The van der Waals surface area contributed by atoms with Crippen LogP contribution in [0, 0.1) is 18.6 Å². The van der Waals surface area contributed by atoms with E-state index in [2.05, 4.69) is 15.0 Å². The third-order valence-electron chi connectivity index (χ3n) is 4.98. The van der Waals surface area contributed by atoms with E-state index in [9.17, 15) is 13.3 Å². The Morgan fingerprint density at radius 3 is 2.44 bits per heavy atom. The van der Waals surface area contributed by atoms with Gasteiger partial charge in [-0.3, -0.25) is 9.55 Å². The highest BCUT2D eigenvalue weighted by molar-refractivity contribution is 7.53. The maximum atomic E-state index is 14.6. The molecule has 4 rings (SSSR count). The van der Waals surface area contributed by atoms with Crippen LogP contribution >= 0.6 is 7.60 Å². The molecule has 7 nitrogen and oxygen atoms in total. The zero-order valence-corrected chi connectivity index (χ0v) is 18.9. The average Bonchev–Trinajstić information content (AvgIpc) is 3.02. The van der Waals surface area contributed by atoms with Gasteiger partial charge in [0.1, 0.15) is 23.0 Å². The maximum Gasteiger partial charge on any atom is 0.335 e. The van der Waals surface area contributed by atoms with Gasteiger partial charge in [-0.05, 0) is 38.5 Å². The number of pyridine rings is 1. The van der Waals surface area contributed by atoms with E-state index in [-0.39, 0.29) is 31.3 Å². The zero-order valence-electron chi connectivity index (χ0n) is 18.0. The maximum absolute atomic E-state index is 14.6. The van der Waals surface area contributed by atoms with Gasteiger partial charge in [-0.25, -0.2) is 18.7 Å². The van der Waals surface area contributed by atoms with Crippen molar-refractivity contribution in [2.24, 2.45) is 0 Å². The summed E-state index contributed by atoms with van der Waals surface area (Å²) in [6.45, 7) is 6.05. The number of aromatic nitrogens is 4. The van der Waals surface area contributed by atoms with E-state index < -0.39 is 19.2 Å². The van der Waals surface area contributed by atoms with Crippen molar-refractivity contribution in [3.63, 3.8) is 0 Å². The first-order valence-corrected chi connectivity index (χ1v) is 12.0. The highest BCUT2D eigenvalue weighted by atomic mass is 31.2. The lowest BCUT2D eigenvalue weighted by atomic mass is 10.2. The van der Waals surface area contributed by atoms with Crippen LogP contribution in [0.1, 0.15) is 30.9 Å². The minimum absolute atomic E-state index is 0.112. The fourth-order valence-corrected chi connectivity index (χ4v) is 5.38. The summed E-state index contributed by atoms with van der Waals surface area (Å²) < 4.78 is 53.8. The Balaban J connectivity index is 1.70. The average molecular weight is 460 g/mol. The Labute approximate surface area is 184 Å². The van der Waals surface area contributed by atoms with Gasteiger partial charge in [0.2, 0.25) is 0 Å². The molecular weight excluding hydrogens is 437 g/mol. The molecule has 168 valence electrons. The van der Waals surface area contributed by atoms with Crippen LogP contribution in [0.5, 0.6) is 0 Å². The molecule has 0 saturated carbocycles. The first-order valence-electron chi connectivity index (χ1n) is 10.3. The first kappa shape index (κ1) is 22.5. The molecule has 3 aromatic heterocycles. The van der Waals surface area contributed by atoms with Gasteiger partial charge in [0.15, 0.2) is 0 Å². The lowest BCUT2D eigenvalue weighted by molar-refractivity contribution is 0.219. The van der Waals surface area contributed by atoms with E-state index in [1.807, 2.05) is 0 Å². The predicted octanol–water partition coefficient (Wildman–Crippen LogP) is 5.38. The molecule has 0 saturated heterocycles. The topological polar surface area (TPSA) is 79.1 Å². The summed E-state index contributed by atoms with van der Waals surface area (Å²) in [4.78, 5) is 13.0. The number of hydrogen-bond donors (Lipinski definition) is 0. The molecule has 0 aliphatic rings. The second-order valence-electron chi connectivity index (χ2n) is 7.28. The highest BCUT2D eigenvalue weighted by Crippen LogP contribution is 2.51. The van der Waals surface area contributed by atoms with Crippen molar-refractivity contribution < 1.29 is 22.4 Å². The number of hydrogen-bond acceptors (Lipinski definition) is 6. The molecule has 0 amide bonds. The summed E-state index contributed by atoms with van der Waals surface area (Å²) in [6.07, 6.45) is 3.32. The van der Waals surface area contributed by atoms with E-state index in [1.165, 1.54) is 6.07 Å². The molecule has 32 heavy (non-hydrogen) atoms. The molecule has 4 aromatic rings.